The SMILES string of the molecule is C[SiH2]CC[SiH](Cl)N(C)C. The molecule has 56 valence electrons. The highest BCUT2D eigenvalue weighted by Crippen LogP contribution is 2.03. The predicted molar refractivity (Wildman–Crippen MR) is 50.7 cm³/mol. The maximum Gasteiger partial charge on any atom is 0.212 e. The first kappa shape index (κ1) is 9.68. The third-order valence-corrected chi connectivity index (χ3v) is 7.12. The van der Waals surface area contributed by atoms with Gasteiger partial charge in [0, 0.05) is 9.52 Å². The highest BCUT2D eigenvalue weighted by molar-refractivity contribution is 7.05. The fraction of sp³-hybridized carbons (Fsp3) is 1.00. The van der Waals surface area contributed by atoms with Crippen LogP contribution in [0.1, 0.15) is 0 Å². The van der Waals surface area contributed by atoms with Crippen molar-refractivity contribution >= 4 is 28.9 Å². The van der Waals surface area contributed by atoms with Gasteiger partial charge in [0.1, 0.15) is 0 Å². The molecule has 0 aromatic rings. The first-order valence-electron chi connectivity index (χ1n) is 3.49. The number of hydrogen-bond donors (Lipinski definition) is 0. The zero-order valence-corrected chi connectivity index (χ0v) is 9.85. The molecule has 0 spiro atoms. The number of nitrogens with zero attached hydrogens (tertiary/aromatic N) is 1. The lowest BCUT2D eigenvalue weighted by molar-refractivity contribution is 0.652. The lowest BCUT2D eigenvalue weighted by Crippen LogP contribution is -2.26. The summed E-state index contributed by atoms with van der Waals surface area (Å²) in [7, 11) is 3.48. The van der Waals surface area contributed by atoms with Crippen molar-refractivity contribution in [3.05, 3.63) is 0 Å². The van der Waals surface area contributed by atoms with E-state index in [2.05, 4.69) is 25.2 Å². The summed E-state index contributed by atoms with van der Waals surface area (Å²) in [5, 5.41) is 0. The summed E-state index contributed by atoms with van der Waals surface area (Å²) in [5.74, 6) is 0. The summed E-state index contributed by atoms with van der Waals surface area (Å²) < 4.78 is 2.20. The molecule has 0 saturated heterocycles. The van der Waals surface area contributed by atoms with Crippen molar-refractivity contribution in [2.75, 3.05) is 14.1 Å². The Hall–Kier alpha value is 0.684. The van der Waals surface area contributed by atoms with Gasteiger partial charge in [-0.15, -0.1) is 0 Å². The molecule has 0 radical (unpaired) electrons. The van der Waals surface area contributed by atoms with Gasteiger partial charge in [0.15, 0.2) is 0 Å². The van der Waals surface area contributed by atoms with Crippen LogP contribution in [0.5, 0.6) is 0 Å². The quantitative estimate of drug-likeness (QED) is 0.455. The summed E-state index contributed by atoms with van der Waals surface area (Å²) in [6.07, 6.45) is 0. The average Bonchev–Trinajstić information content (AvgIpc) is 1.82. The highest BCUT2D eigenvalue weighted by Gasteiger charge is 2.07. The Morgan fingerprint density at radius 1 is 1.56 bits per heavy atom. The molecule has 0 rings (SSSR count). The fourth-order valence-electron chi connectivity index (χ4n) is 0.631. The first-order chi connectivity index (χ1) is 4.18. The summed E-state index contributed by atoms with van der Waals surface area (Å²) in [5.41, 5.74) is 0. The van der Waals surface area contributed by atoms with Crippen molar-refractivity contribution in [3.8, 4) is 0 Å². The van der Waals surface area contributed by atoms with E-state index in [4.69, 9.17) is 11.1 Å². The zero-order valence-electron chi connectivity index (χ0n) is 6.52. The summed E-state index contributed by atoms with van der Waals surface area (Å²) in [6.45, 7) is 2.34. The van der Waals surface area contributed by atoms with E-state index in [1.165, 1.54) is 12.1 Å². The van der Waals surface area contributed by atoms with Gasteiger partial charge in [-0.3, -0.25) is 0 Å². The molecular formula is C5H16ClNSi2. The molecular weight excluding hydrogens is 166 g/mol. The smallest absolute Gasteiger partial charge is 0.212 e. The third-order valence-electron chi connectivity index (χ3n) is 1.36. The van der Waals surface area contributed by atoms with Gasteiger partial charge in [0.2, 0.25) is 8.27 Å². The summed E-state index contributed by atoms with van der Waals surface area (Å²) in [6, 6.07) is 2.73. The monoisotopic (exact) mass is 181 g/mol. The van der Waals surface area contributed by atoms with E-state index in [9.17, 15) is 0 Å². The molecule has 0 heterocycles. The zero-order chi connectivity index (χ0) is 7.28. The van der Waals surface area contributed by atoms with Crippen LogP contribution in [-0.4, -0.2) is 36.4 Å². The van der Waals surface area contributed by atoms with Gasteiger partial charge in [-0.05, 0) is 20.1 Å². The highest BCUT2D eigenvalue weighted by atomic mass is 35.6. The Bertz CT molecular complexity index is 70.0. The number of rotatable bonds is 4. The van der Waals surface area contributed by atoms with Crippen molar-refractivity contribution in [1.82, 2.24) is 4.57 Å². The number of halogens is 1. The second kappa shape index (κ2) is 5.47. The minimum atomic E-state index is -0.953. The van der Waals surface area contributed by atoms with Crippen LogP contribution in [-0.2, 0) is 0 Å². The largest absolute Gasteiger partial charge is 0.320 e. The minimum Gasteiger partial charge on any atom is -0.320 e. The van der Waals surface area contributed by atoms with Gasteiger partial charge in [0.05, 0.1) is 0 Å². The van der Waals surface area contributed by atoms with Crippen LogP contribution in [0.15, 0.2) is 0 Å². The maximum absolute atomic E-state index is 6.08. The van der Waals surface area contributed by atoms with Crippen molar-refractivity contribution in [2.45, 2.75) is 18.6 Å². The lowest BCUT2D eigenvalue weighted by atomic mass is 10.9. The van der Waals surface area contributed by atoms with Crippen molar-refractivity contribution in [3.63, 3.8) is 0 Å². The summed E-state index contributed by atoms with van der Waals surface area (Å²) in [4.78, 5) is 0. The molecule has 1 atom stereocenters. The molecule has 4 heteroatoms. The Labute approximate surface area is 66.6 Å². The maximum atomic E-state index is 6.08. The van der Waals surface area contributed by atoms with Gasteiger partial charge >= 0.3 is 0 Å². The fourth-order valence-corrected chi connectivity index (χ4v) is 5.52. The van der Waals surface area contributed by atoms with Crippen molar-refractivity contribution in [1.29, 1.82) is 0 Å². The van der Waals surface area contributed by atoms with Crippen LogP contribution in [0.2, 0.25) is 18.6 Å². The molecule has 0 saturated carbocycles. The van der Waals surface area contributed by atoms with E-state index in [1.807, 2.05) is 0 Å². The van der Waals surface area contributed by atoms with Crippen molar-refractivity contribution in [2.24, 2.45) is 0 Å². The molecule has 0 N–H and O–H groups in total. The molecule has 0 aliphatic carbocycles. The Balaban J connectivity index is 3.16. The van der Waals surface area contributed by atoms with Crippen LogP contribution < -0.4 is 0 Å². The van der Waals surface area contributed by atoms with E-state index >= 15 is 0 Å². The molecule has 0 aromatic carbocycles. The van der Waals surface area contributed by atoms with Crippen molar-refractivity contribution < 1.29 is 0 Å². The molecule has 9 heavy (non-hydrogen) atoms. The van der Waals surface area contributed by atoms with E-state index in [-0.39, 0.29) is 9.52 Å². The van der Waals surface area contributed by atoms with Gasteiger partial charge < -0.3 is 4.57 Å². The molecule has 0 bridgehead atoms. The third kappa shape index (κ3) is 5.14. The minimum absolute atomic E-state index is 0.263. The molecule has 0 aliphatic rings. The van der Waals surface area contributed by atoms with Crippen LogP contribution in [0.4, 0.5) is 0 Å². The molecule has 0 aliphatic heterocycles. The molecule has 0 fully saturated rings. The summed E-state index contributed by atoms with van der Waals surface area (Å²) >= 11 is 6.08. The normalized spacial score (nSPS) is 15.7. The molecule has 1 unspecified atom stereocenters. The van der Waals surface area contributed by atoms with Gasteiger partial charge in [-0.25, -0.2) is 0 Å². The van der Waals surface area contributed by atoms with Crippen LogP contribution in [0.25, 0.3) is 0 Å². The average molecular weight is 182 g/mol. The molecule has 0 amide bonds. The first-order valence-corrected chi connectivity index (χ1v) is 8.98. The van der Waals surface area contributed by atoms with E-state index < -0.39 is 8.27 Å². The van der Waals surface area contributed by atoms with E-state index in [0.29, 0.717) is 0 Å². The predicted octanol–water partition coefficient (Wildman–Crippen LogP) is 0.642. The number of hydrogen-bond acceptors (Lipinski definition) is 1. The van der Waals surface area contributed by atoms with Crippen LogP contribution >= 0.6 is 11.1 Å². The van der Waals surface area contributed by atoms with Crippen LogP contribution in [0.3, 0.4) is 0 Å². The lowest BCUT2D eigenvalue weighted by Gasteiger charge is -2.14. The van der Waals surface area contributed by atoms with Gasteiger partial charge in [-0.1, -0.05) is 12.6 Å². The second-order valence-corrected chi connectivity index (χ2v) is 8.24. The standard InChI is InChI=1S/C5H16ClNSi2/c1-7(2)9(6)5-4-8-3/h9H,4-5,8H2,1-3H3. The van der Waals surface area contributed by atoms with Crippen LogP contribution in [0, 0.1) is 0 Å². The molecule has 1 nitrogen and oxygen atoms in total. The topological polar surface area (TPSA) is 3.24 Å². The van der Waals surface area contributed by atoms with E-state index in [1.54, 1.807) is 0 Å². The second-order valence-electron chi connectivity index (χ2n) is 2.54. The van der Waals surface area contributed by atoms with E-state index in [0.717, 1.165) is 0 Å². The molecule has 0 aromatic heterocycles. The Kier molecular flexibility index (Phi) is 5.88. The Morgan fingerprint density at radius 3 is 2.44 bits per heavy atom. The Morgan fingerprint density at radius 2 is 2.11 bits per heavy atom. The van der Waals surface area contributed by atoms with Gasteiger partial charge in [-0.2, -0.15) is 11.1 Å². The van der Waals surface area contributed by atoms with Gasteiger partial charge in [0.25, 0.3) is 0 Å².